The number of carbonyl (C=O) groups excluding carboxylic acids is 7. The zero-order valence-electron chi connectivity index (χ0n) is 54.3. The monoisotopic (exact) mass is 1260 g/mol. The minimum absolute atomic E-state index is 0.0236. The van der Waals surface area contributed by atoms with Crippen molar-refractivity contribution in [1.82, 2.24) is 36.1 Å². The Balaban J connectivity index is 0.992. The fraction of sp³-hybridized carbons (Fsp3) is 0.551. The summed E-state index contributed by atoms with van der Waals surface area (Å²) in [5, 5.41) is 27.1. The van der Waals surface area contributed by atoms with E-state index in [0.717, 1.165) is 90.8 Å². The van der Waals surface area contributed by atoms with Gasteiger partial charge in [0.05, 0.1) is 43.4 Å². The van der Waals surface area contributed by atoms with Gasteiger partial charge in [0.2, 0.25) is 29.5 Å². The first-order valence-electron chi connectivity index (χ1n) is 32.2. The molecule has 490 valence electrons. The van der Waals surface area contributed by atoms with Gasteiger partial charge in [-0.3, -0.25) is 43.3 Å². The molecule has 2 aliphatic rings. The van der Waals surface area contributed by atoms with Crippen molar-refractivity contribution in [2.24, 2.45) is 17.3 Å². The number of amides is 6. The summed E-state index contributed by atoms with van der Waals surface area (Å²) in [6, 6.07) is 20.8. The van der Waals surface area contributed by atoms with Crippen molar-refractivity contribution >= 4 is 82.2 Å². The normalized spacial score (nSPS) is 16.1. The minimum atomic E-state index is -1.22. The molecule has 6 N–H and O–H groups in total. The van der Waals surface area contributed by atoms with E-state index >= 15 is 4.79 Å². The lowest BCUT2D eigenvalue weighted by atomic mass is 9.84. The number of hydrogen-bond donors (Lipinski definition) is 6. The second-order valence-corrected chi connectivity index (χ2v) is 25.8. The maximum Gasteiger partial charge on any atom is 0.309 e. The number of carbonyl (C=O) groups is 8. The maximum absolute atomic E-state index is 15.0. The Kier molecular flexibility index (Phi) is 28.5. The summed E-state index contributed by atoms with van der Waals surface area (Å²) >= 11 is 1.16. The number of aromatic nitrogens is 1. The second-order valence-electron chi connectivity index (χ2n) is 24.9. The van der Waals surface area contributed by atoms with Crippen molar-refractivity contribution < 1.29 is 52.9 Å². The lowest BCUT2D eigenvalue weighted by Gasteiger charge is -2.40. The molecular formula is C69H97N9O11S. The number of carboxylic acids is 1. The molecule has 3 aromatic carbocycles. The molecule has 2 aliphatic heterocycles. The molecule has 4 aromatic rings. The maximum atomic E-state index is 15.0. The SMILES string of the molecule is CCCCCCN(C(=O)[C@@H](NC(=O)[C@H]1CCCCN1C)[C@@H](C)CC)[C@H](C[C@@H](OC(C)=O)c1nc(C(=O)N[C@@H](Cc2ccc(NCC(=O)NCCOCCNC(=O)CCC(=O)N3Cc4ccccc4/C=C\c4ccccc43)cc2)CC(C)(C)C(=O)O)cs1)C(C)C. The standard InChI is InChI=1S/C69H97N9O11S/c1-10-12-13-19-37-77(67(85)63(47(5)11-2)75-65(84)57-25-18-20-36-76(57)9)58(46(3)4)41-59(89-48(6)79)66-74-55(45-90-66)64(83)73-54(42-69(7,8)68(86)87)40-49-26-30-53(31-27-49)72-43-61(81)71-35-39-88-38-34-70-60(80)32-33-62(82)78-44-52-23-15-14-21-50(52)28-29-51-22-16-17-24-56(51)78/h14-17,21-24,26-31,45-47,54,57-59,63,72H,10-13,18-20,25,32-44H2,1-9H3,(H,70,80)(H,71,81)(H,73,83)(H,75,84)(H,86,87)/b29-28-/t47-,54-,57+,58+,59+,63-/m0/s1. The van der Waals surface area contributed by atoms with Gasteiger partial charge in [0.1, 0.15) is 16.7 Å². The van der Waals surface area contributed by atoms with E-state index in [0.29, 0.717) is 30.2 Å². The number of nitrogens with zero attached hydrogens (tertiary/aromatic N) is 4. The Morgan fingerprint density at radius 2 is 1.52 bits per heavy atom. The minimum Gasteiger partial charge on any atom is -0.481 e. The highest BCUT2D eigenvalue weighted by molar-refractivity contribution is 7.09. The van der Waals surface area contributed by atoms with Crippen LogP contribution in [0.4, 0.5) is 11.4 Å². The molecule has 1 saturated heterocycles. The first-order valence-corrected chi connectivity index (χ1v) is 33.0. The van der Waals surface area contributed by atoms with Gasteiger partial charge >= 0.3 is 11.9 Å². The molecule has 0 radical (unpaired) electrons. The van der Waals surface area contributed by atoms with E-state index in [9.17, 15) is 38.7 Å². The predicted molar refractivity (Wildman–Crippen MR) is 352 cm³/mol. The number of benzene rings is 3. The fourth-order valence-corrected chi connectivity index (χ4v) is 12.3. The van der Waals surface area contributed by atoms with Gasteiger partial charge in [0.25, 0.3) is 5.91 Å². The Morgan fingerprint density at radius 1 is 0.833 bits per heavy atom. The third-order valence-electron chi connectivity index (χ3n) is 17.0. The number of esters is 1. The number of ether oxygens (including phenoxy) is 2. The smallest absolute Gasteiger partial charge is 0.309 e. The van der Waals surface area contributed by atoms with Crippen molar-refractivity contribution in [3.8, 4) is 0 Å². The molecule has 20 nitrogen and oxygen atoms in total. The number of nitrogens with one attached hydrogen (secondary N) is 5. The summed E-state index contributed by atoms with van der Waals surface area (Å²) in [5.74, 6) is -3.37. The highest BCUT2D eigenvalue weighted by atomic mass is 32.1. The lowest BCUT2D eigenvalue weighted by molar-refractivity contribution is -0.150. The van der Waals surface area contributed by atoms with Crippen LogP contribution < -0.4 is 31.5 Å². The molecule has 21 heteroatoms. The van der Waals surface area contributed by atoms with E-state index in [-0.39, 0.29) is 118 Å². The summed E-state index contributed by atoms with van der Waals surface area (Å²) in [7, 11) is 1.95. The third kappa shape index (κ3) is 21.9. The number of hydrogen-bond acceptors (Lipinski definition) is 14. The molecule has 0 bridgehead atoms. The van der Waals surface area contributed by atoms with Gasteiger partial charge in [-0.25, -0.2) is 4.98 Å². The molecule has 0 saturated carbocycles. The fourth-order valence-electron chi connectivity index (χ4n) is 11.5. The van der Waals surface area contributed by atoms with Crippen molar-refractivity contribution in [2.75, 3.05) is 63.2 Å². The van der Waals surface area contributed by atoms with Crippen LogP contribution in [-0.2, 0) is 56.0 Å². The van der Waals surface area contributed by atoms with E-state index in [1.807, 2.05) is 106 Å². The van der Waals surface area contributed by atoms with Crippen LogP contribution in [0.5, 0.6) is 0 Å². The van der Waals surface area contributed by atoms with Gasteiger partial charge in [-0.15, -0.1) is 11.3 Å². The first-order chi connectivity index (χ1) is 43.1. The topological polar surface area (TPSA) is 258 Å². The Hall–Kier alpha value is -7.49. The summed E-state index contributed by atoms with van der Waals surface area (Å²) in [6.07, 6.45) is 10.8. The van der Waals surface area contributed by atoms with Crippen LogP contribution in [0.1, 0.15) is 176 Å². The summed E-state index contributed by atoms with van der Waals surface area (Å²) in [6.45, 7) is 17.2. The summed E-state index contributed by atoms with van der Waals surface area (Å²) in [5.41, 5.74) is 4.09. The lowest BCUT2D eigenvalue weighted by Crippen LogP contribution is -2.59. The molecule has 90 heavy (non-hydrogen) atoms. The van der Waals surface area contributed by atoms with E-state index < -0.39 is 47.5 Å². The molecule has 6 amide bonds. The molecule has 0 spiro atoms. The highest BCUT2D eigenvalue weighted by Gasteiger charge is 2.39. The zero-order valence-corrected chi connectivity index (χ0v) is 55.1. The van der Waals surface area contributed by atoms with E-state index in [1.165, 1.54) is 6.92 Å². The number of anilines is 2. The largest absolute Gasteiger partial charge is 0.481 e. The van der Waals surface area contributed by atoms with E-state index in [1.54, 1.807) is 36.3 Å². The quantitative estimate of drug-likeness (QED) is 0.0185. The molecular weight excluding hydrogens is 1160 g/mol. The predicted octanol–water partition coefficient (Wildman–Crippen LogP) is 9.59. The average molecular weight is 1260 g/mol. The number of thiazole rings is 1. The number of fused-ring (bicyclic) bond motifs is 2. The Labute approximate surface area is 536 Å². The van der Waals surface area contributed by atoms with Gasteiger partial charge in [0.15, 0.2) is 6.10 Å². The van der Waals surface area contributed by atoms with Gasteiger partial charge in [-0.2, -0.15) is 0 Å². The van der Waals surface area contributed by atoms with Gasteiger partial charge < -0.3 is 51.0 Å². The molecule has 6 rings (SSSR count). The number of piperidine rings is 1. The molecule has 1 aromatic heterocycles. The molecule has 6 atom stereocenters. The van der Waals surface area contributed by atoms with E-state index in [4.69, 9.17) is 14.5 Å². The van der Waals surface area contributed by atoms with Gasteiger partial charge in [-0.1, -0.05) is 133 Å². The third-order valence-corrected chi connectivity index (χ3v) is 17.9. The highest BCUT2D eigenvalue weighted by Crippen LogP contribution is 2.34. The van der Waals surface area contributed by atoms with Crippen molar-refractivity contribution in [3.05, 3.63) is 111 Å². The molecule has 0 unspecified atom stereocenters. The molecule has 0 aliphatic carbocycles. The van der Waals surface area contributed by atoms with Gasteiger partial charge in [-0.05, 0) is 112 Å². The Bertz CT molecular complexity index is 3060. The van der Waals surface area contributed by atoms with Crippen molar-refractivity contribution in [2.45, 2.75) is 176 Å². The summed E-state index contributed by atoms with van der Waals surface area (Å²) in [4.78, 5) is 118. The van der Waals surface area contributed by atoms with Crippen LogP contribution in [0.25, 0.3) is 12.2 Å². The zero-order chi connectivity index (χ0) is 65.3. The summed E-state index contributed by atoms with van der Waals surface area (Å²) < 4.78 is 11.6. The van der Waals surface area contributed by atoms with Crippen LogP contribution >= 0.6 is 11.3 Å². The Morgan fingerprint density at radius 3 is 2.20 bits per heavy atom. The van der Waals surface area contributed by atoms with Gasteiger partial charge in [0, 0.05) is 69.0 Å². The van der Waals surface area contributed by atoms with Crippen LogP contribution in [0.15, 0.2) is 78.2 Å². The number of carboxylic acid groups (broad SMARTS) is 1. The van der Waals surface area contributed by atoms with Crippen LogP contribution in [0.3, 0.4) is 0 Å². The average Bonchev–Trinajstić information content (AvgIpc) is 1.22. The number of aliphatic carboxylic acids is 1. The van der Waals surface area contributed by atoms with Crippen molar-refractivity contribution in [3.63, 3.8) is 0 Å². The second kappa shape index (κ2) is 35.8. The van der Waals surface area contributed by atoms with Crippen molar-refractivity contribution in [1.29, 1.82) is 0 Å². The van der Waals surface area contributed by atoms with Crippen LogP contribution in [0, 0.1) is 17.3 Å². The number of unbranched alkanes of at least 4 members (excludes halogenated alkanes) is 3. The number of likely N-dealkylation sites (tertiary alicyclic amines) is 1. The van der Waals surface area contributed by atoms with E-state index in [2.05, 4.69) is 44.5 Å². The number of para-hydroxylation sites is 1. The van der Waals surface area contributed by atoms with Crippen LogP contribution in [-0.4, -0.2) is 144 Å². The number of rotatable bonds is 35. The number of likely N-dealkylation sites (N-methyl/N-ethyl adjacent to an activating group) is 1. The van der Waals surface area contributed by atoms with Crippen LogP contribution in [0.2, 0.25) is 0 Å². The molecule has 1 fully saturated rings. The molecule has 3 heterocycles. The first kappa shape index (κ1) is 71.6.